The van der Waals surface area contributed by atoms with Crippen LogP contribution in [0.4, 0.5) is 4.79 Å². The van der Waals surface area contributed by atoms with Crippen LogP contribution in [-0.4, -0.2) is 62.5 Å². The Morgan fingerprint density at radius 2 is 1.86 bits per heavy atom. The van der Waals surface area contributed by atoms with E-state index in [1.54, 1.807) is 27.7 Å². The van der Waals surface area contributed by atoms with Gasteiger partial charge in [-0.2, -0.15) is 8.42 Å². The molecular formula is C13H23NO7S. The number of carbonyl (C=O) groups is 2. The SMILES string of the molecule is CCOC(=O)[C@H]1C[C@H](OS(C)(=O)=O)CN1C(=O)OC(C)(C)C. The molecule has 0 radical (unpaired) electrons. The first-order valence-corrected chi connectivity index (χ1v) is 8.79. The number of nitrogens with zero attached hydrogens (tertiary/aromatic N) is 1. The lowest BCUT2D eigenvalue weighted by molar-refractivity contribution is -0.148. The molecule has 0 aromatic carbocycles. The van der Waals surface area contributed by atoms with Gasteiger partial charge in [0, 0.05) is 6.42 Å². The maximum atomic E-state index is 12.2. The summed E-state index contributed by atoms with van der Waals surface area (Å²) in [6, 6.07) is -0.915. The van der Waals surface area contributed by atoms with E-state index in [0.29, 0.717) is 0 Å². The standard InChI is InChI=1S/C13H23NO7S/c1-6-19-11(15)10-7-9(21-22(5,17)18)8-14(10)12(16)20-13(2,3)4/h9-10H,6-8H2,1-5H3/t9-,10+/m0/s1. The lowest BCUT2D eigenvalue weighted by Crippen LogP contribution is -2.44. The van der Waals surface area contributed by atoms with Gasteiger partial charge in [0.05, 0.1) is 25.5 Å². The van der Waals surface area contributed by atoms with Crippen LogP contribution < -0.4 is 0 Å². The molecule has 0 aromatic rings. The molecule has 0 bridgehead atoms. The highest BCUT2D eigenvalue weighted by atomic mass is 32.2. The number of hydrogen-bond acceptors (Lipinski definition) is 7. The number of hydrogen-bond donors (Lipinski definition) is 0. The molecule has 1 aliphatic rings. The largest absolute Gasteiger partial charge is 0.464 e. The van der Waals surface area contributed by atoms with Gasteiger partial charge in [0.25, 0.3) is 10.1 Å². The minimum Gasteiger partial charge on any atom is -0.464 e. The summed E-state index contributed by atoms with van der Waals surface area (Å²) >= 11 is 0. The van der Waals surface area contributed by atoms with Gasteiger partial charge in [0.15, 0.2) is 0 Å². The van der Waals surface area contributed by atoms with Gasteiger partial charge in [-0.1, -0.05) is 0 Å². The number of likely N-dealkylation sites (tertiary alicyclic amines) is 1. The van der Waals surface area contributed by atoms with Crippen molar-refractivity contribution in [1.82, 2.24) is 4.90 Å². The number of esters is 1. The summed E-state index contributed by atoms with van der Waals surface area (Å²) in [5, 5.41) is 0. The van der Waals surface area contributed by atoms with Crippen molar-refractivity contribution >= 4 is 22.2 Å². The van der Waals surface area contributed by atoms with Crippen LogP contribution >= 0.6 is 0 Å². The molecule has 1 amide bonds. The minimum absolute atomic E-state index is 0.0468. The Kier molecular flexibility index (Phi) is 5.80. The van der Waals surface area contributed by atoms with E-state index >= 15 is 0 Å². The average Bonchev–Trinajstić information content (AvgIpc) is 2.68. The van der Waals surface area contributed by atoms with Gasteiger partial charge < -0.3 is 9.47 Å². The first-order chi connectivity index (χ1) is 9.93. The quantitative estimate of drug-likeness (QED) is 0.555. The summed E-state index contributed by atoms with van der Waals surface area (Å²) in [5.41, 5.74) is -0.730. The molecule has 0 unspecified atom stereocenters. The summed E-state index contributed by atoms with van der Waals surface area (Å²) in [5.74, 6) is -0.604. The molecule has 1 fully saturated rings. The second kappa shape index (κ2) is 6.82. The number of amides is 1. The molecule has 0 spiro atoms. The summed E-state index contributed by atoms with van der Waals surface area (Å²) in [4.78, 5) is 25.3. The van der Waals surface area contributed by atoms with Gasteiger partial charge in [-0.25, -0.2) is 9.59 Å². The molecule has 0 aliphatic carbocycles. The average molecular weight is 337 g/mol. The fourth-order valence-corrected chi connectivity index (χ4v) is 2.73. The molecule has 1 saturated heterocycles. The van der Waals surface area contributed by atoms with Crippen LogP contribution in [0.25, 0.3) is 0 Å². The van der Waals surface area contributed by atoms with E-state index in [4.69, 9.17) is 13.7 Å². The van der Waals surface area contributed by atoms with Crippen molar-refractivity contribution in [3.05, 3.63) is 0 Å². The van der Waals surface area contributed by atoms with Crippen molar-refractivity contribution in [2.24, 2.45) is 0 Å². The smallest absolute Gasteiger partial charge is 0.411 e. The fraction of sp³-hybridized carbons (Fsp3) is 0.846. The van der Waals surface area contributed by atoms with Crippen molar-refractivity contribution in [3.63, 3.8) is 0 Å². The highest BCUT2D eigenvalue weighted by Gasteiger charge is 2.43. The predicted molar refractivity (Wildman–Crippen MR) is 77.7 cm³/mol. The maximum absolute atomic E-state index is 12.2. The molecule has 0 saturated carbocycles. The van der Waals surface area contributed by atoms with E-state index in [9.17, 15) is 18.0 Å². The highest BCUT2D eigenvalue weighted by molar-refractivity contribution is 7.86. The van der Waals surface area contributed by atoms with Crippen molar-refractivity contribution in [3.8, 4) is 0 Å². The number of carbonyl (C=O) groups excluding carboxylic acids is 2. The molecule has 1 aliphatic heterocycles. The second-order valence-corrected chi connectivity index (χ2v) is 7.66. The summed E-state index contributed by atoms with van der Waals surface area (Å²) in [7, 11) is -3.68. The first kappa shape index (κ1) is 18.7. The lowest BCUT2D eigenvalue weighted by Gasteiger charge is -2.27. The topological polar surface area (TPSA) is 99.2 Å². The molecule has 9 heteroatoms. The highest BCUT2D eigenvalue weighted by Crippen LogP contribution is 2.25. The lowest BCUT2D eigenvalue weighted by atomic mass is 10.2. The van der Waals surface area contributed by atoms with Gasteiger partial charge in [-0.05, 0) is 27.7 Å². The molecule has 0 N–H and O–H groups in total. The summed E-state index contributed by atoms with van der Waals surface area (Å²) < 4.78 is 37.5. The Bertz CT molecular complexity index is 523. The third-order valence-electron chi connectivity index (χ3n) is 2.76. The number of rotatable bonds is 4. The van der Waals surface area contributed by atoms with Gasteiger partial charge >= 0.3 is 12.1 Å². The van der Waals surface area contributed by atoms with Crippen LogP contribution in [0.3, 0.4) is 0 Å². The molecule has 8 nitrogen and oxygen atoms in total. The van der Waals surface area contributed by atoms with Crippen LogP contribution in [0.2, 0.25) is 0 Å². The molecule has 128 valence electrons. The van der Waals surface area contributed by atoms with E-state index in [-0.39, 0.29) is 19.6 Å². The van der Waals surface area contributed by atoms with Gasteiger partial charge in [0.1, 0.15) is 11.6 Å². The third-order valence-corrected chi connectivity index (χ3v) is 3.38. The molecule has 2 atom stereocenters. The van der Waals surface area contributed by atoms with E-state index in [1.165, 1.54) is 0 Å². The normalized spacial score (nSPS) is 22.5. The van der Waals surface area contributed by atoms with E-state index in [2.05, 4.69) is 0 Å². The maximum Gasteiger partial charge on any atom is 0.411 e. The van der Waals surface area contributed by atoms with Crippen molar-refractivity contribution in [2.45, 2.75) is 51.9 Å². The Balaban J connectivity index is 2.89. The Labute approximate surface area is 130 Å². The van der Waals surface area contributed by atoms with Crippen LogP contribution in [0, 0.1) is 0 Å². The molecule has 0 aromatic heterocycles. The Morgan fingerprint density at radius 1 is 1.27 bits per heavy atom. The number of ether oxygens (including phenoxy) is 2. The Morgan fingerprint density at radius 3 is 2.32 bits per heavy atom. The molecular weight excluding hydrogens is 314 g/mol. The van der Waals surface area contributed by atoms with Gasteiger partial charge in [-0.15, -0.1) is 0 Å². The van der Waals surface area contributed by atoms with Crippen LogP contribution in [0.1, 0.15) is 34.1 Å². The zero-order chi connectivity index (χ0) is 17.1. The monoisotopic (exact) mass is 337 g/mol. The van der Waals surface area contributed by atoms with Gasteiger partial charge in [0.2, 0.25) is 0 Å². The van der Waals surface area contributed by atoms with E-state index in [0.717, 1.165) is 11.2 Å². The van der Waals surface area contributed by atoms with E-state index < -0.39 is 39.9 Å². The van der Waals surface area contributed by atoms with Gasteiger partial charge in [-0.3, -0.25) is 9.08 Å². The molecule has 1 rings (SSSR count). The van der Waals surface area contributed by atoms with Crippen molar-refractivity contribution < 1.29 is 31.7 Å². The second-order valence-electron chi connectivity index (χ2n) is 6.06. The minimum atomic E-state index is -3.68. The zero-order valence-corrected chi connectivity index (χ0v) is 14.3. The van der Waals surface area contributed by atoms with E-state index in [1.807, 2.05) is 0 Å². The predicted octanol–water partition coefficient (Wildman–Crippen LogP) is 0.904. The first-order valence-electron chi connectivity index (χ1n) is 6.97. The molecule has 1 heterocycles. The van der Waals surface area contributed by atoms with Crippen LogP contribution in [0.5, 0.6) is 0 Å². The fourth-order valence-electron chi connectivity index (χ4n) is 2.10. The third kappa shape index (κ3) is 5.80. The summed E-state index contributed by atoms with van der Waals surface area (Å²) in [6.45, 7) is 6.86. The van der Waals surface area contributed by atoms with Crippen molar-refractivity contribution in [1.29, 1.82) is 0 Å². The van der Waals surface area contributed by atoms with Crippen LogP contribution in [0.15, 0.2) is 0 Å². The molecule has 22 heavy (non-hydrogen) atoms. The summed E-state index contributed by atoms with van der Waals surface area (Å²) in [6.07, 6.45) is -0.532. The van der Waals surface area contributed by atoms with Crippen LogP contribution in [-0.2, 0) is 28.6 Å². The zero-order valence-electron chi connectivity index (χ0n) is 13.5. The Hall–Kier alpha value is -1.35. The van der Waals surface area contributed by atoms with Crippen molar-refractivity contribution in [2.75, 3.05) is 19.4 Å².